The van der Waals surface area contributed by atoms with Crippen molar-refractivity contribution in [1.29, 1.82) is 0 Å². The summed E-state index contributed by atoms with van der Waals surface area (Å²) in [5.41, 5.74) is 3.33. The van der Waals surface area contributed by atoms with Crippen LogP contribution in [0.2, 0.25) is 0 Å². The van der Waals surface area contributed by atoms with Crippen LogP contribution in [0.1, 0.15) is 47.0 Å². The summed E-state index contributed by atoms with van der Waals surface area (Å²) in [5.74, 6) is -0.270. The number of nitrogens with zero attached hydrogens (tertiary/aromatic N) is 1. The third-order valence-corrected chi connectivity index (χ3v) is 3.63. The number of allylic oxidation sites excluding steroid dienone is 3. The maximum atomic E-state index is 11.7. The third kappa shape index (κ3) is 5.92. The first-order valence-electron chi connectivity index (χ1n) is 8.02. The van der Waals surface area contributed by atoms with Crippen molar-refractivity contribution in [2.75, 3.05) is 13.7 Å². The molecule has 1 heterocycles. The van der Waals surface area contributed by atoms with Gasteiger partial charge in [0.05, 0.1) is 18.7 Å². The van der Waals surface area contributed by atoms with E-state index in [-0.39, 0.29) is 12.0 Å². The first-order chi connectivity index (χ1) is 10.5. The summed E-state index contributed by atoms with van der Waals surface area (Å²) in [6.45, 7) is 9.55. The molecule has 0 saturated heterocycles. The van der Waals surface area contributed by atoms with Gasteiger partial charge < -0.3 is 9.64 Å². The molecule has 1 aliphatic rings. The first kappa shape index (κ1) is 18.3. The van der Waals surface area contributed by atoms with E-state index in [4.69, 9.17) is 4.74 Å². The van der Waals surface area contributed by atoms with Crippen LogP contribution in [0.5, 0.6) is 0 Å². The van der Waals surface area contributed by atoms with E-state index < -0.39 is 0 Å². The Labute approximate surface area is 135 Å². The minimum atomic E-state index is -0.270. The summed E-state index contributed by atoms with van der Waals surface area (Å²) in [6.07, 6.45) is 13.5. The van der Waals surface area contributed by atoms with Crippen LogP contribution in [0.25, 0.3) is 0 Å². The van der Waals surface area contributed by atoms with Gasteiger partial charge in [-0.2, -0.15) is 0 Å². The zero-order valence-electron chi connectivity index (χ0n) is 14.6. The summed E-state index contributed by atoms with van der Waals surface area (Å²) < 4.78 is 4.82. The highest BCUT2D eigenvalue weighted by molar-refractivity contribution is 5.91. The fourth-order valence-electron chi connectivity index (χ4n) is 2.45. The van der Waals surface area contributed by atoms with Crippen molar-refractivity contribution in [1.82, 2.24) is 4.90 Å². The van der Waals surface area contributed by atoms with Crippen molar-refractivity contribution >= 4 is 5.97 Å². The van der Waals surface area contributed by atoms with Crippen LogP contribution in [-0.2, 0) is 9.53 Å². The normalized spacial score (nSPS) is 18.0. The molecular formula is C19H29NO2. The smallest absolute Gasteiger partial charge is 0.337 e. The maximum absolute atomic E-state index is 11.7. The van der Waals surface area contributed by atoms with Gasteiger partial charge in [-0.15, -0.1) is 0 Å². The molecular weight excluding hydrogens is 274 g/mol. The number of carbonyl (C=O) groups excluding carboxylic acids is 1. The lowest BCUT2D eigenvalue weighted by molar-refractivity contribution is -0.135. The van der Waals surface area contributed by atoms with Crippen molar-refractivity contribution in [2.45, 2.75) is 53.0 Å². The Morgan fingerprint density at radius 1 is 1.36 bits per heavy atom. The van der Waals surface area contributed by atoms with Crippen LogP contribution in [0.15, 0.2) is 47.2 Å². The Kier molecular flexibility index (Phi) is 7.72. The van der Waals surface area contributed by atoms with Gasteiger partial charge >= 0.3 is 5.97 Å². The van der Waals surface area contributed by atoms with Gasteiger partial charge in [-0.1, -0.05) is 30.2 Å². The number of hydrogen-bond acceptors (Lipinski definition) is 3. The van der Waals surface area contributed by atoms with Gasteiger partial charge in [0.15, 0.2) is 0 Å². The quantitative estimate of drug-likeness (QED) is 0.516. The van der Waals surface area contributed by atoms with Gasteiger partial charge in [-0.25, -0.2) is 4.79 Å². The molecule has 3 nitrogen and oxygen atoms in total. The lowest BCUT2D eigenvalue weighted by Crippen LogP contribution is -2.31. The Balaban J connectivity index is 2.84. The molecule has 122 valence electrons. The van der Waals surface area contributed by atoms with Crippen LogP contribution >= 0.6 is 0 Å². The van der Waals surface area contributed by atoms with Crippen molar-refractivity contribution in [3.63, 3.8) is 0 Å². The van der Waals surface area contributed by atoms with Crippen LogP contribution in [-0.4, -0.2) is 30.6 Å². The molecule has 0 aliphatic carbocycles. The monoisotopic (exact) mass is 303 g/mol. The second-order valence-electron chi connectivity index (χ2n) is 5.99. The molecule has 0 aromatic heterocycles. The highest BCUT2D eigenvalue weighted by atomic mass is 16.5. The summed E-state index contributed by atoms with van der Waals surface area (Å²) >= 11 is 0. The standard InChI is InChI=1S/C19H29NO2/c1-6-11-20-12-10-17(19(21)22-5)14-18(20)13-16(4)9-7-8-15(2)3/h8,10,12-14,18H,6-7,9,11H2,1-5H3/b16-13+. The lowest BCUT2D eigenvalue weighted by Gasteiger charge is -2.29. The lowest BCUT2D eigenvalue weighted by atomic mass is 10.0. The second kappa shape index (κ2) is 9.29. The van der Waals surface area contributed by atoms with E-state index in [9.17, 15) is 4.79 Å². The van der Waals surface area contributed by atoms with Gasteiger partial charge in [0.25, 0.3) is 0 Å². The van der Waals surface area contributed by atoms with Gasteiger partial charge in [-0.3, -0.25) is 0 Å². The average Bonchev–Trinajstić information content (AvgIpc) is 2.48. The van der Waals surface area contributed by atoms with E-state index in [1.54, 1.807) is 0 Å². The van der Waals surface area contributed by atoms with E-state index in [1.807, 2.05) is 18.4 Å². The minimum Gasteiger partial charge on any atom is -0.465 e. The molecule has 0 amide bonds. The Morgan fingerprint density at radius 2 is 2.09 bits per heavy atom. The van der Waals surface area contributed by atoms with Crippen LogP contribution in [0, 0.1) is 0 Å². The SMILES string of the molecule is CCCN1C=CC(C(=O)OC)=CC1/C=C(\C)CCC=C(C)C. The van der Waals surface area contributed by atoms with E-state index in [1.165, 1.54) is 18.3 Å². The fourth-order valence-corrected chi connectivity index (χ4v) is 2.45. The molecule has 0 fully saturated rings. The van der Waals surface area contributed by atoms with Crippen molar-refractivity contribution in [3.8, 4) is 0 Å². The molecule has 3 heteroatoms. The fraction of sp³-hybridized carbons (Fsp3) is 0.526. The third-order valence-electron chi connectivity index (χ3n) is 3.63. The molecule has 1 unspecified atom stereocenters. The van der Waals surface area contributed by atoms with Crippen molar-refractivity contribution in [3.05, 3.63) is 47.2 Å². The van der Waals surface area contributed by atoms with Crippen LogP contribution < -0.4 is 0 Å². The molecule has 1 rings (SSSR count). The van der Waals surface area contributed by atoms with Gasteiger partial charge in [0, 0.05) is 12.7 Å². The largest absolute Gasteiger partial charge is 0.465 e. The van der Waals surface area contributed by atoms with Crippen LogP contribution in [0.3, 0.4) is 0 Å². The number of hydrogen-bond donors (Lipinski definition) is 0. The zero-order chi connectivity index (χ0) is 16.5. The van der Waals surface area contributed by atoms with Gasteiger partial charge in [0.1, 0.15) is 0 Å². The maximum Gasteiger partial charge on any atom is 0.337 e. The molecule has 1 aliphatic heterocycles. The zero-order valence-corrected chi connectivity index (χ0v) is 14.6. The molecule has 0 spiro atoms. The topological polar surface area (TPSA) is 29.5 Å². The Hall–Kier alpha value is -1.77. The predicted octanol–water partition coefficient (Wildman–Crippen LogP) is 4.39. The molecule has 0 radical (unpaired) electrons. The van der Waals surface area contributed by atoms with Crippen molar-refractivity contribution < 1.29 is 9.53 Å². The highest BCUT2D eigenvalue weighted by Crippen LogP contribution is 2.19. The average molecular weight is 303 g/mol. The van der Waals surface area contributed by atoms with Gasteiger partial charge in [-0.05, 0) is 52.2 Å². The number of carbonyl (C=O) groups is 1. The van der Waals surface area contributed by atoms with E-state index in [0.717, 1.165) is 25.8 Å². The molecule has 0 saturated carbocycles. The van der Waals surface area contributed by atoms with E-state index in [2.05, 4.69) is 44.7 Å². The summed E-state index contributed by atoms with van der Waals surface area (Å²) in [4.78, 5) is 14.0. The molecule has 0 aromatic rings. The summed E-state index contributed by atoms with van der Waals surface area (Å²) in [7, 11) is 1.42. The first-order valence-corrected chi connectivity index (χ1v) is 8.02. The summed E-state index contributed by atoms with van der Waals surface area (Å²) in [6, 6.07) is 0.130. The highest BCUT2D eigenvalue weighted by Gasteiger charge is 2.18. The molecule has 0 aromatic carbocycles. The number of methoxy groups -OCH3 is 1. The second-order valence-corrected chi connectivity index (χ2v) is 5.99. The molecule has 22 heavy (non-hydrogen) atoms. The van der Waals surface area contributed by atoms with E-state index >= 15 is 0 Å². The van der Waals surface area contributed by atoms with Crippen LogP contribution in [0.4, 0.5) is 0 Å². The minimum absolute atomic E-state index is 0.130. The number of esters is 1. The van der Waals surface area contributed by atoms with E-state index in [0.29, 0.717) is 5.57 Å². The molecule has 1 atom stereocenters. The predicted molar refractivity (Wildman–Crippen MR) is 92.4 cm³/mol. The van der Waals surface area contributed by atoms with Gasteiger partial charge in [0.2, 0.25) is 0 Å². The molecule has 0 N–H and O–H groups in total. The molecule has 0 bridgehead atoms. The number of rotatable bonds is 7. The van der Waals surface area contributed by atoms with Crippen molar-refractivity contribution in [2.24, 2.45) is 0 Å². The summed E-state index contributed by atoms with van der Waals surface area (Å²) in [5, 5.41) is 0. The Morgan fingerprint density at radius 3 is 2.68 bits per heavy atom. The number of ether oxygens (including phenoxy) is 1. The Bertz CT molecular complexity index is 494.